The van der Waals surface area contributed by atoms with Crippen LogP contribution in [0, 0.1) is 0 Å². The fourth-order valence-corrected chi connectivity index (χ4v) is 2.70. The number of amides is 1. The molecule has 0 radical (unpaired) electrons. The van der Waals surface area contributed by atoms with Gasteiger partial charge in [-0.15, -0.1) is 0 Å². The first kappa shape index (κ1) is 26.6. The van der Waals surface area contributed by atoms with Crippen LogP contribution in [0.1, 0.15) is 46.5 Å². The molecular weight excluding hydrogens is 375 g/mol. The minimum atomic E-state index is -1.01. The quantitative estimate of drug-likeness (QED) is 0.407. The van der Waals surface area contributed by atoms with Crippen molar-refractivity contribution in [3.63, 3.8) is 0 Å². The molecule has 0 aromatic carbocycles. The molecular formula is C19H29N2NaO6. The largest absolute Gasteiger partial charge is 1.00 e. The van der Waals surface area contributed by atoms with E-state index in [9.17, 15) is 19.5 Å². The predicted molar refractivity (Wildman–Crippen MR) is 97.9 cm³/mol. The molecule has 2 aliphatic heterocycles. The van der Waals surface area contributed by atoms with E-state index in [4.69, 9.17) is 9.84 Å². The van der Waals surface area contributed by atoms with E-state index < -0.39 is 35.7 Å². The van der Waals surface area contributed by atoms with Crippen LogP contribution in [-0.4, -0.2) is 58.8 Å². The molecule has 28 heavy (non-hydrogen) atoms. The topological polar surface area (TPSA) is 119 Å². The second-order valence-electron chi connectivity index (χ2n) is 7.79. The molecule has 0 spiro atoms. The van der Waals surface area contributed by atoms with Crippen molar-refractivity contribution in [2.75, 3.05) is 13.1 Å². The van der Waals surface area contributed by atoms with Gasteiger partial charge in [-0.3, -0.25) is 4.90 Å². The first-order valence-electron chi connectivity index (χ1n) is 8.90. The van der Waals surface area contributed by atoms with Crippen LogP contribution in [-0.2, 0) is 14.3 Å². The van der Waals surface area contributed by atoms with Crippen LogP contribution >= 0.6 is 0 Å². The Kier molecular flexibility index (Phi) is 11.0. The smallest absolute Gasteiger partial charge is 0.548 e. The molecule has 1 amide bonds. The summed E-state index contributed by atoms with van der Waals surface area (Å²) in [7, 11) is 0. The summed E-state index contributed by atoms with van der Waals surface area (Å²) in [6, 6.07) is -1.28. The van der Waals surface area contributed by atoms with Crippen LogP contribution in [0.25, 0.3) is 0 Å². The third kappa shape index (κ3) is 9.23. The van der Waals surface area contributed by atoms with Crippen molar-refractivity contribution in [2.45, 2.75) is 64.1 Å². The Morgan fingerprint density at radius 1 is 1.18 bits per heavy atom. The summed E-state index contributed by atoms with van der Waals surface area (Å²) in [5, 5.41) is 22.1. The number of piperidine rings is 2. The van der Waals surface area contributed by atoms with Crippen molar-refractivity contribution in [2.24, 2.45) is 0 Å². The van der Waals surface area contributed by atoms with Crippen molar-refractivity contribution in [3.8, 4) is 0 Å². The first-order chi connectivity index (χ1) is 12.4. The first-order valence-corrected chi connectivity index (χ1v) is 8.90. The Hall–Kier alpha value is -1.35. The van der Waals surface area contributed by atoms with Crippen LogP contribution in [0.4, 0.5) is 4.79 Å². The Bertz CT molecular complexity index is 604. The zero-order chi connectivity index (χ0) is 20.8. The summed E-state index contributed by atoms with van der Waals surface area (Å²) in [6.45, 7) is 13.6. The maximum atomic E-state index is 11.9. The van der Waals surface area contributed by atoms with Gasteiger partial charge in [0.1, 0.15) is 11.6 Å². The van der Waals surface area contributed by atoms with E-state index in [1.54, 1.807) is 20.8 Å². The summed E-state index contributed by atoms with van der Waals surface area (Å²) in [6.07, 6.45) is 1.85. The monoisotopic (exact) mass is 404 g/mol. The Balaban J connectivity index is 0.000000567. The van der Waals surface area contributed by atoms with Gasteiger partial charge in [-0.25, -0.2) is 9.59 Å². The van der Waals surface area contributed by atoms with Crippen LogP contribution in [0.5, 0.6) is 0 Å². The normalized spacial score (nSPS) is 22.3. The Labute approximate surface area is 188 Å². The van der Waals surface area contributed by atoms with Gasteiger partial charge < -0.3 is 25.1 Å². The summed E-state index contributed by atoms with van der Waals surface area (Å²) < 4.78 is 5.19. The van der Waals surface area contributed by atoms with Gasteiger partial charge in [-0.2, -0.15) is 0 Å². The van der Waals surface area contributed by atoms with Gasteiger partial charge in [0.15, 0.2) is 0 Å². The predicted octanol–water partition coefficient (Wildman–Crippen LogP) is -1.92. The van der Waals surface area contributed by atoms with E-state index in [1.807, 2.05) is 0 Å². The SMILES string of the molecule is C=C1CC[C@@H](C(=O)O)N(C(=O)OC(C)(C)C)C1.C=C1CC[C@@H](C(=O)[O-])NC1.[Na+]. The number of carbonyl (C=O) groups excluding carboxylic acids is 2. The maximum absolute atomic E-state index is 11.9. The molecule has 9 heteroatoms. The molecule has 0 bridgehead atoms. The number of hydrogen-bond donors (Lipinski definition) is 2. The number of carbonyl (C=O) groups is 3. The number of rotatable bonds is 2. The van der Waals surface area contributed by atoms with Crippen molar-refractivity contribution < 1.29 is 58.9 Å². The number of nitrogens with zero attached hydrogens (tertiary/aromatic N) is 1. The van der Waals surface area contributed by atoms with Gasteiger partial charge in [0, 0.05) is 19.1 Å². The van der Waals surface area contributed by atoms with Crippen LogP contribution < -0.4 is 40.0 Å². The second-order valence-corrected chi connectivity index (χ2v) is 7.79. The zero-order valence-corrected chi connectivity index (χ0v) is 19.2. The number of aliphatic carboxylic acids is 2. The molecule has 0 saturated carbocycles. The number of ether oxygens (including phenoxy) is 1. The molecule has 152 valence electrons. The number of carboxylic acid groups (broad SMARTS) is 2. The average molecular weight is 404 g/mol. The number of likely N-dealkylation sites (tertiary alicyclic amines) is 1. The summed E-state index contributed by atoms with van der Waals surface area (Å²) in [5.41, 5.74) is 1.30. The molecule has 0 unspecified atom stereocenters. The molecule has 2 heterocycles. The van der Waals surface area contributed by atoms with Crippen molar-refractivity contribution >= 4 is 18.0 Å². The zero-order valence-electron chi connectivity index (χ0n) is 17.2. The van der Waals surface area contributed by atoms with Gasteiger partial charge in [-0.1, -0.05) is 24.3 Å². The van der Waals surface area contributed by atoms with Gasteiger partial charge in [0.25, 0.3) is 0 Å². The van der Waals surface area contributed by atoms with Crippen LogP contribution in [0.3, 0.4) is 0 Å². The number of nitrogens with one attached hydrogen (secondary N) is 1. The van der Waals surface area contributed by atoms with E-state index in [1.165, 1.54) is 4.90 Å². The van der Waals surface area contributed by atoms with Crippen molar-refractivity contribution in [3.05, 3.63) is 24.3 Å². The van der Waals surface area contributed by atoms with E-state index in [-0.39, 0.29) is 36.1 Å². The molecule has 0 aromatic heterocycles. The van der Waals surface area contributed by atoms with Gasteiger partial charge in [-0.05, 0) is 46.5 Å². The average Bonchev–Trinajstić information content (AvgIpc) is 2.54. The summed E-state index contributed by atoms with van der Waals surface area (Å²) >= 11 is 0. The van der Waals surface area contributed by atoms with Gasteiger partial charge in [0.2, 0.25) is 0 Å². The molecule has 2 saturated heterocycles. The van der Waals surface area contributed by atoms with E-state index in [0.717, 1.165) is 17.6 Å². The number of carboxylic acids is 2. The summed E-state index contributed by atoms with van der Waals surface area (Å²) in [4.78, 5) is 34.4. The molecule has 2 aliphatic rings. The fraction of sp³-hybridized carbons (Fsp3) is 0.632. The standard InChI is InChI=1S/C12H19NO4.C7H11NO2.Na/c1-8-5-6-9(10(14)15)13(7-8)11(16)17-12(2,3)4;1-5-2-3-6(7(9)10)8-4-5;/h9H,1,5-7H2,2-4H3,(H,14,15);6,8H,1-4H2,(H,9,10);/q;;+1/p-1/t9-;6-;/m00./s1. The van der Waals surface area contributed by atoms with Crippen LogP contribution in [0.2, 0.25) is 0 Å². The van der Waals surface area contributed by atoms with Gasteiger partial charge in [0.05, 0.1) is 5.97 Å². The summed E-state index contributed by atoms with van der Waals surface area (Å²) in [5.74, 6) is -2.00. The number of hydrogen-bond acceptors (Lipinski definition) is 6. The maximum Gasteiger partial charge on any atom is 1.00 e. The third-order valence-corrected chi connectivity index (χ3v) is 4.12. The molecule has 2 fully saturated rings. The van der Waals surface area contributed by atoms with Crippen molar-refractivity contribution in [1.82, 2.24) is 10.2 Å². The van der Waals surface area contributed by atoms with E-state index in [2.05, 4.69) is 18.5 Å². The Morgan fingerprint density at radius 2 is 1.75 bits per heavy atom. The van der Waals surface area contributed by atoms with E-state index in [0.29, 0.717) is 25.8 Å². The van der Waals surface area contributed by atoms with E-state index >= 15 is 0 Å². The molecule has 0 aromatic rings. The Morgan fingerprint density at radius 3 is 2.18 bits per heavy atom. The molecule has 2 rings (SSSR count). The van der Waals surface area contributed by atoms with Gasteiger partial charge >= 0.3 is 41.6 Å². The molecule has 2 atom stereocenters. The van der Waals surface area contributed by atoms with Crippen LogP contribution in [0.15, 0.2) is 24.3 Å². The van der Waals surface area contributed by atoms with Crippen molar-refractivity contribution in [1.29, 1.82) is 0 Å². The molecule has 2 N–H and O–H groups in total. The molecule has 8 nitrogen and oxygen atoms in total. The minimum absolute atomic E-state index is 0. The second kappa shape index (κ2) is 11.6. The fourth-order valence-electron chi connectivity index (χ4n) is 2.70. The third-order valence-electron chi connectivity index (χ3n) is 4.12. The minimum Gasteiger partial charge on any atom is -0.548 e. The molecule has 0 aliphatic carbocycles.